The maximum absolute atomic E-state index is 12.3. The number of carbonyl (C=O) groups excluding carboxylic acids is 1. The number of alkyl halides is 3. The van der Waals surface area contributed by atoms with Gasteiger partial charge in [0.05, 0.1) is 25.5 Å². The van der Waals surface area contributed by atoms with Gasteiger partial charge in [0.15, 0.2) is 0 Å². The summed E-state index contributed by atoms with van der Waals surface area (Å²) in [7, 11) is 0. The van der Waals surface area contributed by atoms with Gasteiger partial charge in [-0.15, -0.1) is 13.2 Å². The molecule has 150 valence electrons. The van der Waals surface area contributed by atoms with Crippen LogP contribution in [-0.2, 0) is 11.3 Å². The Labute approximate surface area is 159 Å². The fourth-order valence-corrected chi connectivity index (χ4v) is 2.72. The van der Waals surface area contributed by atoms with Gasteiger partial charge >= 0.3 is 6.36 Å². The standard InChI is InChI=1S/C18H19F3N4O3/c1-12-9-14(24-17(23-12)25-5-7-27-8-6-25)11-22-16(26)13-3-2-4-15(10-13)28-18(19,20)21/h2-4,9-10H,5-8,11H2,1H3,(H,22,26). The Kier molecular flexibility index (Phi) is 5.98. The fourth-order valence-electron chi connectivity index (χ4n) is 2.72. The highest BCUT2D eigenvalue weighted by Gasteiger charge is 2.31. The van der Waals surface area contributed by atoms with Gasteiger partial charge in [0.25, 0.3) is 5.91 Å². The zero-order valence-electron chi connectivity index (χ0n) is 15.1. The van der Waals surface area contributed by atoms with E-state index in [4.69, 9.17) is 4.74 Å². The number of morpholine rings is 1. The third kappa shape index (κ3) is 5.56. The van der Waals surface area contributed by atoms with Gasteiger partial charge in [-0.05, 0) is 31.2 Å². The number of benzene rings is 1. The number of nitrogens with zero attached hydrogens (tertiary/aromatic N) is 3. The lowest BCUT2D eigenvalue weighted by Gasteiger charge is -2.27. The van der Waals surface area contributed by atoms with Gasteiger partial charge in [-0.1, -0.05) is 6.07 Å². The fraction of sp³-hybridized carbons (Fsp3) is 0.389. The molecule has 0 atom stereocenters. The van der Waals surface area contributed by atoms with E-state index in [9.17, 15) is 18.0 Å². The predicted octanol–water partition coefficient (Wildman–Crippen LogP) is 2.45. The highest BCUT2D eigenvalue weighted by atomic mass is 19.4. The van der Waals surface area contributed by atoms with Crippen molar-refractivity contribution >= 4 is 11.9 Å². The van der Waals surface area contributed by atoms with E-state index in [-0.39, 0.29) is 12.1 Å². The highest BCUT2D eigenvalue weighted by molar-refractivity contribution is 5.94. The van der Waals surface area contributed by atoms with Crippen LogP contribution in [-0.4, -0.2) is 48.5 Å². The molecule has 0 spiro atoms. The summed E-state index contributed by atoms with van der Waals surface area (Å²) in [5, 5.41) is 2.65. The molecule has 1 aromatic heterocycles. The number of aromatic nitrogens is 2. The molecular formula is C18H19F3N4O3. The predicted molar refractivity (Wildman–Crippen MR) is 94.1 cm³/mol. The van der Waals surface area contributed by atoms with Crippen LogP contribution in [0.1, 0.15) is 21.7 Å². The Balaban J connectivity index is 1.66. The molecule has 3 rings (SSSR count). The molecule has 1 aliphatic rings. The summed E-state index contributed by atoms with van der Waals surface area (Å²) in [6, 6.07) is 6.64. The van der Waals surface area contributed by atoms with Crippen LogP contribution in [0.2, 0.25) is 0 Å². The molecule has 0 saturated carbocycles. The molecule has 2 heterocycles. The lowest BCUT2D eigenvalue weighted by molar-refractivity contribution is -0.274. The Morgan fingerprint density at radius 2 is 2.00 bits per heavy atom. The number of nitrogens with one attached hydrogen (secondary N) is 1. The summed E-state index contributed by atoms with van der Waals surface area (Å²) in [5.74, 6) is -0.419. The number of halogens is 3. The number of rotatable bonds is 5. The highest BCUT2D eigenvalue weighted by Crippen LogP contribution is 2.23. The number of ether oxygens (including phenoxy) is 2. The van der Waals surface area contributed by atoms with Crippen LogP contribution in [0.3, 0.4) is 0 Å². The van der Waals surface area contributed by atoms with Crippen molar-refractivity contribution in [2.45, 2.75) is 19.8 Å². The third-order valence-corrected chi connectivity index (χ3v) is 3.95. The minimum atomic E-state index is -4.82. The number of aryl methyl sites for hydroxylation is 1. The van der Waals surface area contributed by atoms with Gasteiger partial charge in [-0.2, -0.15) is 0 Å². The van der Waals surface area contributed by atoms with Crippen molar-refractivity contribution in [2.75, 3.05) is 31.2 Å². The molecule has 1 amide bonds. The van der Waals surface area contributed by atoms with Gasteiger partial charge < -0.3 is 19.7 Å². The molecule has 1 saturated heterocycles. The van der Waals surface area contributed by atoms with E-state index >= 15 is 0 Å². The largest absolute Gasteiger partial charge is 0.573 e. The van der Waals surface area contributed by atoms with Crippen molar-refractivity contribution in [3.63, 3.8) is 0 Å². The number of hydrogen-bond donors (Lipinski definition) is 1. The first-order valence-corrected chi connectivity index (χ1v) is 8.61. The molecular weight excluding hydrogens is 377 g/mol. The second kappa shape index (κ2) is 8.42. The van der Waals surface area contributed by atoms with Gasteiger partial charge in [0.1, 0.15) is 5.75 Å². The van der Waals surface area contributed by atoms with Gasteiger partial charge in [-0.25, -0.2) is 9.97 Å². The first kappa shape index (κ1) is 19.9. The topological polar surface area (TPSA) is 76.6 Å². The summed E-state index contributed by atoms with van der Waals surface area (Å²) in [6.07, 6.45) is -4.82. The zero-order chi connectivity index (χ0) is 20.1. The van der Waals surface area contributed by atoms with Crippen LogP contribution in [0.15, 0.2) is 30.3 Å². The van der Waals surface area contributed by atoms with Crippen LogP contribution in [0, 0.1) is 6.92 Å². The van der Waals surface area contributed by atoms with Crippen molar-refractivity contribution in [1.82, 2.24) is 15.3 Å². The number of amides is 1. The number of hydrogen-bond acceptors (Lipinski definition) is 6. The Morgan fingerprint density at radius 3 is 2.71 bits per heavy atom. The molecule has 7 nitrogen and oxygen atoms in total. The number of carbonyl (C=O) groups is 1. The minimum absolute atomic E-state index is 0.0564. The maximum atomic E-state index is 12.3. The van der Waals surface area contributed by atoms with Crippen LogP contribution < -0.4 is 15.0 Å². The average Bonchev–Trinajstić information content (AvgIpc) is 2.65. The minimum Gasteiger partial charge on any atom is -0.406 e. The second-order valence-corrected chi connectivity index (χ2v) is 6.16. The number of anilines is 1. The summed E-state index contributed by atoms with van der Waals surface area (Å²) < 4.78 is 46.1. The van der Waals surface area contributed by atoms with E-state index in [2.05, 4.69) is 20.0 Å². The van der Waals surface area contributed by atoms with E-state index in [1.165, 1.54) is 12.1 Å². The first-order chi connectivity index (χ1) is 13.3. The first-order valence-electron chi connectivity index (χ1n) is 8.61. The van der Waals surface area contributed by atoms with E-state index in [0.29, 0.717) is 37.9 Å². The zero-order valence-corrected chi connectivity index (χ0v) is 15.1. The lowest BCUT2D eigenvalue weighted by atomic mass is 10.2. The van der Waals surface area contributed by atoms with E-state index in [0.717, 1.165) is 17.8 Å². The van der Waals surface area contributed by atoms with E-state index in [1.54, 1.807) is 6.07 Å². The van der Waals surface area contributed by atoms with Crippen molar-refractivity contribution in [1.29, 1.82) is 0 Å². The summed E-state index contributed by atoms with van der Waals surface area (Å²) in [4.78, 5) is 23.2. The van der Waals surface area contributed by atoms with Crippen molar-refractivity contribution in [3.05, 3.63) is 47.3 Å². The monoisotopic (exact) mass is 396 g/mol. The quantitative estimate of drug-likeness (QED) is 0.837. The molecule has 1 aliphatic heterocycles. The van der Waals surface area contributed by atoms with Crippen molar-refractivity contribution in [3.8, 4) is 5.75 Å². The van der Waals surface area contributed by atoms with Crippen molar-refractivity contribution in [2.24, 2.45) is 0 Å². The third-order valence-electron chi connectivity index (χ3n) is 3.95. The summed E-state index contributed by atoms with van der Waals surface area (Å²) >= 11 is 0. The van der Waals surface area contributed by atoms with Crippen molar-refractivity contribution < 1.29 is 27.4 Å². The molecule has 28 heavy (non-hydrogen) atoms. The molecule has 2 aromatic rings. The summed E-state index contributed by atoms with van der Waals surface area (Å²) in [6.45, 7) is 4.50. The van der Waals surface area contributed by atoms with E-state index in [1.807, 2.05) is 11.8 Å². The second-order valence-electron chi connectivity index (χ2n) is 6.16. The van der Waals surface area contributed by atoms with Gasteiger partial charge in [0.2, 0.25) is 5.95 Å². The van der Waals surface area contributed by atoms with E-state index < -0.39 is 18.0 Å². The molecule has 1 N–H and O–H groups in total. The molecule has 10 heteroatoms. The maximum Gasteiger partial charge on any atom is 0.573 e. The molecule has 1 aromatic carbocycles. The molecule has 0 aliphatic carbocycles. The van der Waals surface area contributed by atoms with Gasteiger partial charge in [-0.3, -0.25) is 4.79 Å². The van der Waals surface area contributed by atoms with Crippen LogP contribution in [0.5, 0.6) is 5.75 Å². The van der Waals surface area contributed by atoms with Crippen LogP contribution in [0.25, 0.3) is 0 Å². The summed E-state index contributed by atoms with van der Waals surface area (Å²) in [5.41, 5.74) is 1.41. The van der Waals surface area contributed by atoms with Crippen LogP contribution >= 0.6 is 0 Å². The molecule has 0 unspecified atom stereocenters. The SMILES string of the molecule is Cc1cc(CNC(=O)c2cccc(OC(F)(F)F)c2)nc(N2CCOCC2)n1. The Bertz CT molecular complexity index is 839. The normalized spacial score (nSPS) is 14.6. The molecule has 0 bridgehead atoms. The Hall–Kier alpha value is -2.88. The lowest BCUT2D eigenvalue weighted by Crippen LogP contribution is -2.37. The molecule has 0 radical (unpaired) electrons. The van der Waals surface area contributed by atoms with Gasteiger partial charge in [0, 0.05) is 24.3 Å². The Morgan fingerprint density at radius 1 is 1.25 bits per heavy atom. The average molecular weight is 396 g/mol. The molecule has 1 fully saturated rings. The smallest absolute Gasteiger partial charge is 0.406 e. The van der Waals surface area contributed by atoms with Crippen LogP contribution in [0.4, 0.5) is 19.1 Å².